The highest BCUT2D eigenvalue weighted by Crippen LogP contribution is 2.38. The van der Waals surface area contributed by atoms with Crippen molar-refractivity contribution in [1.82, 2.24) is 10.2 Å². The van der Waals surface area contributed by atoms with Gasteiger partial charge in [-0.2, -0.15) is 0 Å². The van der Waals surface area contributed by atoms with Gasteiger partial charge in [-0.3, -0.25) is 0 Å². The van der Waals surface area contributed by atoms with E-state index in [-0.39, 0.29) is 0 Å². The highest BCUT2D eigenvalue weighted by molar-refractivity contribution is 5.40. The molecule has 0 spiro atoms. The molecule has 3 nitrogen and oxygen atoms in total. The maximum absolute atomic E-state index is 9.58. The van der Waals surface area contributed by atoms with E-state index in [9.17, 15) is 5.11 Å². The van der Waals surface area contributed by atoms with E-state index in [1.807, 2.05) is 12.1 Å². The molecule has 2 aliphatic heterocycles. The Balaban J connectivity index is 1.37. The number of hydrogen-bond donors (Lipinski definition) is 2. The topological polar surface area (TPSA) is 35.5 Å². The summed E-state index contributed by atoms with van der Waals surface area (Å²) < 4.78 is 0. The molecule has 2 N–H and O–H groups in total. The highest BCUT2D eigenvalue weighted by Gasteiger charge is 2.38. The van der Waals surface area contributed by atoms with Gasteiger partial charge in [0, 0.05) is 18.1 Å². The molecule has 2 bridgehead atoms. The van der Waals surface area contributed by atoms with Crippen molar-refractivity contribution in [3.63, 3.8) is 0 Å². The highest BCUT2D eigenvalue weighted by atomic mass is 16.3. The van der Waals surface area contributed by atoms with Crippen LogP contribution < -0.4 is 5.32 Å². The summed E-state index contributed by atoms with van der Waals surface area (Å²) in [7, 11) is 2.31. The second-order valence-electron chi connectivity index (χ2n) is 7.27. The predicted molar refractivity (Wildman–Crippen MR) is 84.5 cm³/mol. The Morgan fingerprint density at radius 1 is 1.19 bits per heavy atom. The van der Waals surface area contributed by atoms with Crippen molar-refractivity contribution < 1.29 is 5.11 Å². The Morgan fingerprint density at radius 3 is 2.71 bits per heavy atom. The van der Waals surface area contributed by atoms with E-state index in [1.165, 1.54) is 43.2 Å². The van der Waals surface area contributed by atoms with Crippen LogP contribution in [0.5, 0.6) is 5.75 Å². The second-order valence-corrected chi connectivity index (χ2v) is 7.27. The van der Waals surface area contributed by atoms with Crippen molar-refractivity contribution in [2.75, 3.05) is 13.6 Å². The van der Waals surface area contributed by atoms with Crippen LogP contribution in [0.2, 0.25) is 0 Å². The van der Waals surface area contributed by atoms with Gasteiger partial charge in [-0.25, -0.2) is 0 Å². The molecular weight excluding hydrogens is 260 g/mol. The van der Waals surface area contributed by atoms with Gasteiger partial charge >= 0.3 is 0 Å². The molecule has 21 heavy (non-hydrogen) atoms. The lowest BCUT2D eigenvalue weighted by Crippen LogP contribution is -2.42. The molecule has 2 fully saturated rings. The number of hydrogen-bond acceptors (Lipinski definition) is 3. The Labute approximate surface area is 127 Å². The van der Waals surface area contributed by atoms with Gasteiger partial charge in [-0.15, -0.1) is 0 Å². The van der Waals surface area contributed by atoms with Gasteiger partial charge in [0.2, 0.25) is 0 Å². The minimum Gasteiger partial charge on any atom is -0.508 e. The molecule has 3 unspecified atom stereocenters. The fraction of sp³-hybridized carbons (Fsp3) is 0.667. The number of nitrogens with zero attached hydrogens (tertiary/aromatic N) is 1. The van der Waals surface area contributed by atoms with Gasteiger partial charge in [0.05, 0.1) is 0 Å². The van der Waals surface area contributed by atoms with Gasteiger partial charge in [-0.05, 0) is 81.3 Å². The molecule has 3 atom stereocenters. The average Bonchev–Trinajstić information content (AvgIpc) is 2.93. The lowest BCUT2D eigenvalue weighted by atomic mass is 9.90. The third kappa shape index (κ3) is 2.47. The van der Waals surface area contributed by atoms with Crippen molar-refractivity contribution in [2.45, 2.75) is 56.7 Å². The number of aromatic hydroxyl groups is 1. The zero-order valence-electron chi connectivity index (χ0n) is 12.9. The molecule has 1 aromatic carbocycles. The largest absolute Gasteiger partial charge is 0.508 e. The molecule has 1 aromatic rings. The van der Waals surface area contributed by atoms with E-state index in [0.29, 0.717) is 11.8 Å². The van der Waals surface area contributed by atoms with Crippen LogP contribution >= 0.6 is 0 Å². The van der Waals surface area contributed by atoms with Crippen LogP contribution in [0, 0.1) is 5.92 Å². The summed E-state index contributed by atoms with van der Waals surface area (Å²) in [5, 5.41) is 13.4. The van der Waals surface area contributed by atoms with Crippen molar-refractivity contribution in [2.24, 2.45) is 5.92 Å². The number of phenolic OH excluding ortho intramolecular Hbond substituents is 1. The number of aryl methyl sites for hydroxylation is 1. The number of benzene rings is 1. The lowest BCUT2D eigenvalue weighted by molar-refractivity contribution is 0.131. The first kappa shape index (κ1) is 13.6. The Kier molecular flexibility index (Phi) is 3.43. The maximum Gasteiger partial charge on any atom is 0.115 e. The molecule has 2 saturated heterocycles. The minimum absolute atomic E-state index is 0.404. The zero-order chi connectivity index (χ0) is 14.4. The van der Waals surface area contributed by atoms with Crippen LogP contribution in [0.15, 0.2) is 18.2 Å². The number of piperidine rings is 1. The van der Waals surface area contributed by atoms with Crippen molar-refractivity contribution in [1.29, 1.82) is 0 Å². The third-order valence-corrected chi connectivity index (χ3v) is 6.05. The van der Waals surface area contributed by atoms with Gasteiger partial charge < -0.3 is 15.3 Å². The van der Waals surface area contributed by atoms with E-state index in [2.05, 4.69) is 23.3 Å². The standard InChI is InChI=1S/C18H26N2O/c1-20-14-3-4-15(20)9-12(8-14)11-19-18-7-2-13-10-16(21)5-6-17(13)18/h5-6,10,12,14-15,18-19,21H,2-4,7-9,11H2,1H3. The Hall–Kier alpha value is -1.06. The number of rotatable bonds is 3. The third-order valence-electron chi connectivity index (χ3n) is 6.05. The van der Waals surface area contributed by atoms with Gasteiger partial charge in [0.1, 0.15) is 5.75 Å². The van der Waals surface area contributed by atoms with E-state index < -0.39 is 0 Å². The first-order valence-electron chi connectivity index (χ1n) is 8.48. The number of nitrogens with one attached hydrogen (secondary N) is 1. The summed E-state index contributed by atoms with van der Waals surface area (Å²) >= 11 is 0. The molecule has 114 valence electrons. The molecule has 0 aromatic heterocycles. The zero-order valence-corrected chi connectivity index (χ0v) is 12.9. The molecule has 1 aliphatic carbocycles. The molecule has 2 heterocycles. The molecule has 0 radical (unpaired) electrons. The minimum atomic E-state index is 0.404. The fourth-order valence-corrected chi connectivity index (χ4v) is 4.82. The van der Waals surface area contributed by atoms with Crippen LogP contribution in [0.25, 0.3) is 0 Å². The summed E-state index contributed by atoms with van der Waals surface area (Å²) in [5.74, 6) is 1.25. The summed E-state index contributed by atoms with van der Waals surface area (Å²) in [4.78, 5) is 2.62. The van der Waals surface area contributed by atoms with E-state index in [4.69, 9.17) is 0 Å². The van der Waals surface area contributed by atoms with E-state index >= 15 is 0 Å². The van der Waals surface area contributed by atoms with Crippen molar-refractivity contribution >= 4 is 0 Å². The first-order valence-corrected chi connectivity index (χ1v) is 8.48. The van der Waals surface area contributed by atoms with Gasteiger partial charge in [0.25, 0.3) is 0 Å². The Morgan fingerprint density at radius 2 is 1.95 bits per heavy atom. The second kappa shape index (κ2) is 5.29. The predicted octanol–water partition coefficient (Wildman–Crippen LogP) is 2.84. The van der Waals surface area contributed by atoms with E-state index in [0.717, 1.165) is 31.0 Å². The van der Waals surface area contributed by atoms with Gasteiger partial charge in [-0.1, -0.05) is 6.07 Å². The summed E-state index contributed by atoms with van der Waals surface area (Å²) in [6.07, 6.45) is 7.83. The number of fused-ring (bicyclic) bond motifs is 3. The smallest absolute Gasteiger partial charge is 0.115 e. The SMILES string of the molecule is CN1C2CCC1CC(CNC1CCc3cc(O)ccc31)C2. The van der Waals surface area contributed by atoms with Crippen LogP contribution in [-0.4, -0.2) is 35.7 Å². The molecule has 0 amide bonds. The van der Waals surface area contributed by atoms with Crippen LogP contribution in [0.3, 0.4) is 0 Å². The first-order chi connectivity index (χ1) is 10.2. The molecule has 3 aliphatic rings. The molecule has 0 saturated carbocycles. The average molecular weight is 286 g/mol. The van der Waals surface area contributed by atoms with Crippen molar-refractivity contribution in [3.8, 4) is 5.75 Å². The molecule has 4 rings (SSSR count). The Bertz CT molecular complexity index is 516. The van der Waals surface area contributed by atoms with Crippen molar-refractivity contribution in [3.05, 3.63) is 29.3 Å². The summed E-state index contributed by atoms with van der Waals surface area (Å²) in [5.41, 5.74) is 2.74. The quantitative estimate of drug-likeness (QED) is 0.897. The fourth-order valence-electron chi connectivity index (χ4n) is 4.82. The normalized spacial score (nSPS) is 35.1. The monoisotopic (exact) mass is 286 g/mol. The summed E-state index contributed by atoms with van der Waals surface area (Å²) in [6, 6.07) is 8.04. The molecular formula is C18H26N2O. The molecule has 3 heteroatoms. The number of phenols is 1. The lowest BCUT2D eigenvalue weighted by Gasteiger charge is -2.36. The van der Waals surface area contributed by atoms with Crippen LogP contribution in [-0.2, 0) is 6.42 Å². The summed E-state index contributed by atoms with van der Waals surface area (Å²) in [6.45, 7) is 1.16. The van der Waals surface area contributed by atoms with Crippen LogP contribution in [0.1, 0.15) is 49.3 Å². The van der Waals surface area contributed by atoms with E-state index in [1.54, 1.807) is 0 Å². The van der Waals surface area contributed by atoms with Crippen LogP contribution in [0.4, 0.5) is 0 Å². The maximum atomic E-state index is 9.58. The van der Waals surface area contributed by atoms with Gasteiger partial charge in [0.15, 0.2) is 0 Å².